The summed E-state index contributed by atoms with van der Waals surface area (Å²) < 4.78 is 117. The molecule has 1 aromatic heterocycles. The molecule has 3 heterocycles. The van der Waals surface area contributed by atoms with Crippen LogP contribution in [0.1, 0.15) is 69.5 Å². The molecular weight excluding hydrogens is 283 g/mol. The number of aryl methyl sites for hydroxylation is 1. The molecule has 0 unspecified atom stereocenters. The summed E-state index contributed by atoms with van der Waals surface area (Å²) in [6.07, 6.45) is -10.7. The van der Waals surface area contributed by atoms with Crippen LogP contribution in [0.2, 0.25) is 0 Å². The minimum absolute atomic E-state index is 0.0516. The minimum Gasteiger partial charge on any atom is -0.398 e. The Hall–Kier alpha value is -0.585. The van der Waals surface area contributed by atoms with Crippen molar-refractivity contribution in [3.63, 3.8) is 0 Å². The Morgan fingerprint density at radius 2 is 1.81 bits per heavy atom. The van der Waals surface area contributed by atoms with Crippen LogP contribution >= 0.6 is 11.3 Å². The lowest BCUT2D eigenvalue weighted by atomic mass is 9.84. The van der Waals surface area contributed by atoms with Crippen LogP contribution < -0.4 is 10.5 Å². The van der Waals surface area contributed by atoms with Crippen molar-refractivity contribution in [1.29, 1.82) is 0 Å². The van der Waals surface area contributed by atoms with Gasteiger partial charge in [-0.25, -0.2) is 4.98 Å². The van der Waals surface area contributed by atoms with Crippen LogP contribution in [-0.2, 0) is 9.31 Å². The van der Waals surface area contributed by atoms with E-state index in [-0.39, 0.29) is 10.5 Å². The first-order chi connectivity index (χ1) is 14.8. The van der Waals surface area contributed by atoms with Gasteiger partial charge in [-0.1, -0.05) is 0 Å². The Labute approximate surface area is 150 Å². The van der Waals surface area contributed by atoms with E-state index >= 15 is 0 Å². The highest BCUT2D eigenvalue weighted by atomic mass is 32.1. The van der Waals surface area contributed by atoms with Gasteiger partial charge < -0.3 is 14.2 Å². The van der Waals surface area contributed by atoms with E-state index in [2.05, 4.69) is 4.98 Å². The molecule has 3 rings (SSSR count). The van der Waals surface area contributed by atoms with E-state index in [1.807, 2.05) is 0 Å². The van der Waals surface area contributed by atoms with Gasteiger partial charge in [0.2, 0.25) is 0 Å². The number of hydrogen-bond acceptors (Lipinski definition) is 5. The van der Waals surface area contributed by atoms with E-state index in [0.29, 0.717) is 11.3 Å². The molecule has 0 amide bonds. The van der Waals surface area contributed by atoms with Crippen LogP contribution in [0.25, 0.3) is 0 Å². The molecule has 0 bridgehead atoms. The summed E-state index contributed by atoms with van der Waals surface area (Å²) in [5, 5.41) is -0.686. The van der Waals surface area contributed by atoms with Crippen molar-refractivity contribution in [2.45, 2.75) is 64.9 Å². The minimum atomic E-state index is -3.60. The molecule has 2 fully saturated rings. The maximum Gasteiger partial charge on any atom is 0.515 e. The summed E-state index contributed by atoms with van der Waals surface area (Å²) in [5.41, 5.74) is -2.08. The summed E-state index contributed by atoms with van der Waals surface area (Å²) in [5.74, 6) is 0. The molecule has 0 N–H and O–H groups in total. The smallest absolute Gasteiger partial charge is 0.398 e. The van der Waals surface area contributed by atoms with Crippen molar-refractivity contribution >= 4 is 29.2 Å². The monoisotopic (exact) mass is 321 g/mol. The second-order valence-corrected chi connectivity index (χ2v) is 6.71. The van der Waals surface area contributed by atoms with Crippen LogP contribution in [0, 0.1) is 6.85 Å². The molecule has 1 aromatic rings. The zero-order valence-electron chi connectivity index (χ0n) is 25.2. The van der Waals surface area contributed by atoms with Gasteiger partial charge in [0.15, 0.2) is 5.13 Å². The summed E-state index contributed by atoms with van der Waals surface area (Å²) in [7, 11) is -1.33. The summed E-state index contributed by atoms with van der Waals surface area (Å²) in [4.78, 5) is 3.71. The maximum atomic E-state index is 8.32. The third kappa shape index (κ3) is 2.73. The van der Waals surface area contributed by atoms with Gasteiger partial charge in [-0.3, -0.25) is 0 Å². The average Bonchev–Trinajstić information content (AvgIpc) is 3.11. The van der Waals surface area contributed by atoms with Gasteiger partial charge in [0, 0.05) is 35.7 Å². The zero-order valence-corrected chi connectivity index (χ0v) is 13.0. The molecular formula is C15H25BN2O2S. The maximum absolute atomic E-state index is 8.32. The van der Waals surface area contributed by atoms with Crippen molar-refractivity contribution in [3.8, 4) is 0 Å². The molecule has 21 heavy (non-hydrogen) atoms. The molecule has 0 aromatic carbocycles. The highest BCUT2D eigenvalue weighted by Gasteiger charge is 2.53. The molecule has 2 saturated heterocycles. The number of thiazole rings is 1. The SMILES string of the molecule is [2H]C([2H])([2H])c1sc(N2C([2H])([2H])C([2H])([2H])C([2H])([2H])C([2H])([2H])C2([2H])[2H])nc1B1OC(C)(C)C(C)(C)O1. The number of aromatic nitrogens is 1. The molecule has 116 valence electrons. The quantitative estimate of drug-likeness (QED) is 0.785. The predicted molar refractivity (Wildman–Crippen MR) is 88.6 cm³/mol. The molecule has 0 saturated carbocycles. The van der Waals surface area contributed by atoms with E-state index in [1.165, 1.54) is 0 Å². The summed E-state index contributed by atoms with van der Waals surface area (Å²) in [6.45, 7) is -2.92. The van der Waals surface area contributed by atoms with Gasteiger partial charge in [-0.15, -0.1) is 11.3 Å². The van der Waals surface area contributed by atoms with Crippen molar-refractivity contribution in [3.05, 3.63) is 4.88 Å². The molecule has 0 spiro atoms. The number of anilines is 1. The summed E-state index contributed by atoms with van der Waals surface area (Å²) in [6, 6.07) is 0. The fraction of sp³-hybridized carbons (Fsp3) is 0.800. The topological polar surface area (TPSA) is 34.6 Å². The Morgan fingerprint density at radius 3 is 2.38 bits per heavy atom. The standard InChI is InChI=1S/C15H25BN2O2S/c1-11-12(16-19-14(2,3)15(4,5)20-16)17-13(21-11)18-9-7-6-8-10-18/h6-10H2,1-5H3/i1D3,6D2,7D2,8D2,9D2,10D2. The Morgan fingerprint density at radius 1 is 1.19 bits per heavy atom. The van der Waals surface area contributed by atoms with Crippen LogP contribution in [0.5, 0.6) is 0 Å². The number of hydrogen-bond donors (Lipinski definition) is 0. The lowest BCUT2D eigenvalue weighted by Crippen LogP contribution is -2.41. The Balaban J connectivity index is 2.26. The van der Waals surface area contributed by atoms with Gasteiger partial charge in [-0.2, -0.15) is 0 Å². The number of rotatable bonds is 2. The van der Waals surface area contributed by atoms with Gasteiger partial charge in [-0.05, 0) is 53.7 Å². The molecule has 2 aliphatic heterocycles. The fourth-order valence-electron chi connectivity index (χ4n) is 1.85. The first-order valence-corrected chi connectivity index (χ1v) is 7.26. The van der Waals surface area contributed by atoms with E-state index in [4.69, 9.17) is 27.1 Å². The Kier molecular flexibility index (Phi) is 1.53. The van der Waals surface area contributed by atoms with Crippen LogP contribution in [0.15, 0.2) is 0 Å². The normalized spacial score (nSPS) is 46.4. The third-order valence-corrected chi connectivity index (χ3v) is 4.64. The second kappa shape index (κ2) is 5.25. The van der Waals surface area contributed by atoms with Crippen LogP contribution in [0.4, 0.5) is 5.13 Å². The first kappa shape index (κ1) is 6.14. The van der Waals surface area contributed by atoms with E-state index in [1.54, 1.807) is 27.7 Å². The molecule has 0 atom stereocenters. The van der Waals surface area contributed by atoms with Crippen LogP contribution in [0.3, 0.4) is 0 Å². The van der Waals surface area contributed by atoms with Crippen molar-refractivity contribution in [2.75, 3.05) is 17.9 Å². The lowest BCUT2D eigenvalue weighted by molar-refractivity contribution is 0.00578. The molecule has 6 heteroatoms. The fourth-order valence-corrected chi connectivity index (χ4v) is 2.61. The Bertz CT molecular complexity index is 945. The number of nitrogens with zero attached hydrogens (tertiary/aromatic N) is 2. The first-order valence-electron chi connectivity index (χ1n) is 12.9. The highest BCUT2D eigenvalue weighted by Crippen LogP contribution is 2.37. The van der Waals surface area contributed by atoms with Gasteiger partial charge in [0.25, 0.3) is 0 Å². The van der Waals surface area contributed by atoms with Crippen molar-refractivity contribution < 1.29 is 27.1 Å². The lowest BCUT2D eigenvalue weighted by Gasteiger charge is -2.32. The number of piperidine rings is 1. The van der Waals surface area contributed by atoms with Crippen molar-refractivity contribution in [1.82, 2.24) is 4.98 Å². The molecule has 0 radical (unpaired) electrons. The van der Waals surface area contributed by atoms with E-state index in [0.717, 1.165) is 0 Å². The van der Waals surface area contributed by atoms with Gasteiger partial charge in [0.05, 0.1) is 16.8 Å². The highest BCUT2D eigenvalue weighted by molar-refractivity contribution is 7.16. The average molecular weight is 321 g/mol. The largest absolute Gasteiger partial charge is 0.515 e. The van der Waals surface area contributed by atoms with Gasteiger partial charge >= 0.3 is 7.12 Å². The van der Waals surface area contributed by atoms with Gasteiger partial charge in [0.1, 0.15) is 0 Å². The van der Waals surface area contributed by atoms with Crippen LogP contribution in [-0.4, -0.2) is 36.3 Å². The molecule has 0 aliphatic carbocycles. The van der Waals surface area contributed by atoms with E-state index < -0.39 is 67.3 Å². The predicted octanol–water partition coefficient (Wildman–Crippen LogP) is 2.74. The van der Waals surface area contributed by atoms with Crippen molar-refractivity contribution in [2.24, 2.45) is 0 Å². The zero-order chi connectivity index (χ0) is 26.7. The van der Waals surface area contributed by atoms with E-state index in [9.17, 15) is 0 Å². The molecule has 4 nitrogen and oxygen atoms in total. The third-order valence-electron chi connectivity index (χ3n) is 3.77. The summed E-state index contributed by atoms with van der Waals surface area (Å²) >= 11 is 0.323. The molecule has 2 aliphatic rings. The second-order valence-electron chi connectivity index (χ2n) is 5.73.